The van der Waals surface area contributed by atoms with E-state index >= 15 is 0 Å². The molecule has 0 radical (unpaired) electrons. The van der Waals surface area contributed by atoms with Crippen molar-refractivity contribution in [2.24, 2.45) is 0 Å². The average molecular weight is 386 g/mol. The fourth-order valence-corrected chi connectivity index (χ4v) is 3.70. The Hall–Kier alpha value is -1.44. The standard InChI is InChI=1S/C14H12BrNO3S2/c1-10-4-5-12(13(15)9-10)14(17)16-21(18,19)8-6-11-3-2-7-20-11/h2-9H,1H3,(H,16,17)/b8-6+. The van der Waals surface area contributed by atoms with Gasteiger partial charge in [0.1, 0.15) is 0 Å². The van der Waals surface area contributed by atoms with Gasteiger partial charge in [0.15, 0.2) is 0 Å². The van der Waals surface area contributed by atoms with Crippen molar-refractivity contribution in [1.82, 2.24) is 4.72 Å². The van der Waals surface area contributed by atoms with Crippen molar-refractivity contribution in [2.75, 3.05) is 0 Å². The SMILES string of the molecule is Cc1ccc(C(=O)NS(=O)(=O)/C=C/c2cccs2)c(Br)c1. The Morgan fingerprint density at radius 1 is 1.33 bits per heavy atom. The van der Waals surface area contributed by atoms with E-state index in [0.717, 1.165) is 15.8 Å². The maximum Gasteiger partial charge on any atom is 0.266 e. The average Bonchev–Trinajstić information content (AvgIpc) is 2.88. The van der Waals surface area contributed by atoms with Crippen molar-refractivity contribution in [3.05, 3.63) is 61.6 Å². The van der Waals surface area contributed by atoms with E-state index in [-0.39, 0.29) is 5.56 Å². The third-order valence-electron chi connectivity index (χ3n) is 2.56. The largest absolute Gasteiger partial charge is 0.268 e. The summed E-state index contributed by atoms with van der Waals surface area (Å²) in [5.74, 6) is -0.669. The predicted octanol–water partition coefficient (Wildman–Crippen LogP) is 3.55. The van der Waals surface area contributed by atoms with Crippen LogP contribution in [-0.2, 0) is 10.0 Å². The van der Waals surface area contributed by atoms with E-state index < -0.39 is 15.9 Å². The van der Waals surface area contributed by atoms with Gasteiger partial charge in [-0.15, -0.1) is 11.3 Å². The molecule has 2 rings (SSSR count). The van der Waals surface area contributed by atoms with Crippen LogP contribution in [0.3, 0.4) is 0 Å². The maximum atomic E-state index is 12.0. The summed E-state index contributed by atoms with van der Waals surface area (Å²) < 4.78 is 26.3. The van der Waals surface area contributed by atoms with Crippen LogP contribution in [0.4, 0.5) is 0 Å². The van der Waals surface area contributed by atoms with Crippen molar-refractivity contribution < 1.29 is 13.2 Å². The Labute approximate surface area is 135 Å². The van der Waals surface area contributed by atoms with E-state index in [4.69, 9.17) is 0 Å². The van der Waals surface area contributed by atoms with Crippen LogP contribution in [0.15, 0.2) is 45.6 Å². The molecule has 0 saturated carbocycles. The molecule has 1 aromatic carbocycles. The maximum absolute atomic E-state index is 12.0. The number of carbonyl (C=O) groups excluding carboxylic acids is 1. The van der Waals surface area contributed by atoms with Gasteiger partial charge in [-0.3, -0.25) is 4.79 Å². The molecule has 0 saturated heterocycles. The number of hydrogen-bond donors (Lipinski definition) is 1. The first-order valence-electron chi connectivity index (χ1n) is 5.92. The molecule has 7 heteroatoms. The van der Waals surface area contributed by atoms with Crippen molar-refractivity contribution in [3.63, 3.8) is 0 Å². The van der Waals surface area contributed by atoms with Crippen molar-refractivity contribution in [3.8, 4) is 0 Å². The molecule has 0 aliphatic rings. The molecule has 1 aromatic heterocycles. The highest BCUT2D eigenvalue weighted by Gasteiger charge is 2.15. The quantitative estimate of drug-likeness (QED) is 0.874. The second kappa shape index (κ2) is 6.55. The van der Waals surface area contributed by atoms with Crippen molar-refractivity contribution >= 4 is 49.3 Å². The fraction of sp³-hybridized carbons (Fsp3) is 0.0714. The van der Waals surface area contributed by atoms with Gasteiger partial charge < -0.3 is 0 Å². The summed E-state index contributed by atoms with van der Waals surface area (Å²) in [5.41, 5.74) is 1.24. The molecule has 0 aliphatic heterocycles. The number of benzene rings is 1. The molecule has 2 aromatic rings. The Balaban J connectivity index is 2.14. The van der Waals surface area contributed by atoms with Crippen LogP contribution < -0.4 is 4.72 Å². The van der Waals surface area contributed by atoms with Crippen molar-refractivity contribution in [2.45, 2.75) is 6.92 Å². The van der Waals surface area contributed by atoms with Crippen LogP contribution in [0.2, 0.25) is 0 Å². The zero-order valence-electron chi connectivity index (χ0n) is 11.0. The second-order valence-electron chi connectivity index (χ2n) is 4.28. The van der Waals surface area contributed by atoms with Gasteiger partial charge in [0.05, 0.1) is 11.0 Å². The molecule has 0 bridgehead atoms. The second-order valence-corrected chi connectivity index (χ2v) is 7.68. The Morgan fingerprint density at radius 2 is 2.10 bits per heavy atom. The van der Waals surface area contributed by atoms with Crippen LogP contribution >= 0.6 is 27.3 Å². The Bertz CT molecular complexity index is 781. The molecule has 21 heavy (non-hydrogen) atoms. The third kappa shape index (κ3) is 4.52. The highest BCUT2D eigenvalue weighted by molar-refractivity contribution is 9.10. The van der Waals surface area contributed by atoms with E-state index in [1.54, 1.807) is 24.3 Å². The topological polar surface area (TPSA) is 63.2 Å². The monoisotopic (exact) mass is 385 g/mol. The molecule has 0 fully saturated rings. The van der Waals surface area contributed by atoms with Gasteiger partial charge in [-0.1, -0.05) is 12.1 Å². The van der Waals surface area contributed by atoms with E-state index in [1.165, 1.54) is 17.4 Å². The molecule has 0 unspecified atom stereocenters. The van der Waals surface area contributed by atoms with Crippen molar-refractivity contribution in [1.29, 1.82) is 0 Å². The Morgan fingerprint density at radius 3 is 2.71 bits per heavy atom. The van der Waals surface area contributed by atoms with Gasteiger partial charge in [-0.05, 0) is 58.1 Å². The number of halogens is 1. The first-order chi connectivity index (χ1) is 9.87. The summed E-state index contributed by atoms with van der Waals surface area (Å²) in [4.78, 5) is 12.8. The normalized spacial score (nSPS) is 11.7. The number of amides is 1. The molecular formula is C14H12BrNO3S2. The minimum Gasteiger partial charge on any atom is -0.268 e. The van der Waals surface area contributed by atoms with Gasteiger partial charge in [-0.25, -0.2) is 13.1 Å². The summed E-state index contributed by atoms with van der Waals surface area (Å²) in [7, 11) is -3.83. The number of nitrogens with one attached hydrogen (secondary N) is 1. The molecule has 1 heterocycles. The fourth-order valence-electron chi connectivity index (χ4n) is 1.57. The lowest BCUT2D eigenvalue weighted by molar-refractivity contribution is 0.0981. The summed E-state index contributed by atoms with van der Waals surface area (Å²) in [5, 5.41) is 2.83. The van der Waals surface area contributed by atoms with Crippen LogP contribution in [0.5, 0.6) is 0 Å². The molecule has 0 aliphatic carbocycles. The van der Waals surface area contributed by atoms with Crippen LogP contribution in [0.1, 0.15) is 20.8 Å². The molecule has 1 N–H and O–H groups in total. The smallest absolute Gasteiger partial charge is 0.266 e. The number of rotatable bonds is 4. The van der Waals surface area contributed by atoms with Crippen LogP contribution in [0, 0.1) is 6.92 Å². The minimum atomic E-state index is -3.83. The number of aryl methyl sites for hydroxylation is 1. The van der Waals surface area contributed by atoms with E-state index in [0.29, 0.717) is 4.47 Å². The van der Waals surface area contributed by atoms with Gasteiger partial charge >= 0.3 is 0 Å². The summed E-state index contributed by atoms with van der Waals surface area (Å²) in [6.07, 6.45) is 1.45. The van der Waals surface area contributed by atoms with Gasteiger partial charge in [-0.2, -0.15) is 0 Å². The van der Waals surface area contributed by atoms with E-state index in [1.807, 2.05) is 23.1 Å². The summed E-state index contributed by atoms with van der Waals surface area (Å²) in [6.45, 7) is 1.88. The molecule has 110 valence electrons. The van der Waals surface area contributed by atoms with Gasteiger partial charge in [0, 0.05) is 9.35 Å². The zero-order valence-corrected chi connectivity index (χ0v) is 14.3. The van der Waals surface area contributed by atoms with Crippen LogP contribution in [0.25, 0.3) is 6.08 Å². The molecule has 1 amide bonds. The number of thiophene rings is 1. The highest BCUT2D eigenvalue weighted by atomic mass is 79.9. The molecule has 4 nitrogen and oxygen atoms in total. The summed E-state index contributed by atoms with van der Waals surface area (Å²) >= 11 is 4.67. The van der Waals surface area contributed by atoms with Crippen LogP contribution in [-0.4, -0.2) is 14.3 Å². The minimum absolute atomic E-state index is 0.272. The lowest BCUT2D eigenvalue weighted by Gasteiger charge is -2.06. The first-order valence-corrected chi connectivity index (χ1v) is 9.14. The highest BCUT2D eigenvalue weighted by Crippen LogP contribution is 2.18. The van der Waals surface area contributed by atoms with E-state index in [2.05, 4.69) is 15.9 Å². The molecular weight excluding hydrogens is 374 g/mol. The first kappa shape index (κ1) is 15.9. The third-order valence-corrected chi connectivity index (χ3v) is 5.02. The van der Waals surface area contributed by atoms with Gasteiger partial charge in [0.25, 0.3) is 15.9 Å². The zero-order chi connectivity index (χ0) is 15.5. The Kier molecular flexibility index (Phi) is 4.97. The number of hydrogen-bond acceptors (Lipinski definition) is 4. The molecule has 0 atom stereocenters. The number of sulfonamides is 1. The van der Waals surface area contributed by atoms with Gasteiger partial charge in [0.2, 0.25) is 0 Å². The lowest BCUT2D eigenvalue weighted by Crippen LogP contribution is -2.29. The number of carbonyl (C=O) groups is 1. The predicted molar refractivity (Wildman–Crippen MR) is 88.6 cm³/mol. The molecule has 0 spiro atoms. The lowest BCUT2D eigenvalue weighted by atomic mass is 10.1. The summed E-state index contributed by atoms with van der Waals surface area (Å²) in [6, 6.07) is 8.68. The van der Waals surface area contributed by atoms with E-state index in [9.17, 15) is 13.2 Å².